The second-order valence-electron chi connectivity index (χ2n) is 6.25. The summed E-state index contributed by atoms with van der Waals surface area (Å²) in [5.74, 6) is -1.44. The number of rotatable bonds is 4. The van der Waals surface area contributed by atoms with E-state index in [-0.39, 0.29) is 11.8 Å². The molecule has 0 aromatic heterocycles. The topological polar surface area (TPSA) is 57.6 Å². The number of carboxylic acid groups (broad SMARTS) is 1. The summed E-state index contributed by atoms with van der Waals surface area (Å²) < 4.78 is 0. The molecule has 0 heterocycles. The van der Waals surface area contributed by atoms with Gasteiger partial charge >= 0.3 is 5.97 Å². The van der Waals surface area contributed by atoms with Gasteiger partial charge in [0.1, 0.15) is 0 Å². The number of hydrogen-bond donors (Lipinski definition) is 1. The molecule has 0 spiro atoms. The average Bonchev–Trinajstić information content (AvgIpc) is 2.49. The van der Waals surface area contributed by atoms with Crippen LogP contribution in [-0.2, 0) is 9.59 Å². The number of carboxylic acids is 1. The van der Waals surface area contributed by atoms with Gasteiger partial charge in [0.2, 0.25) is 5.91 Å². The summed E-state index contributed by atoms with van der Waals surface area (Å²) in [6.45, 7) is 2.73. The van der Waals surface area contributed by atoms with E-state index in [4.69, 9.17) is 0 Å². The Morgan fingerprint density at radius 2 is 1.50 bits per heavy atom. The van der Waals surface area contributed by atoms with Crippen LogP contribution in [0, 0.1) is 11.8 Å². The maximum atomic E-state index is 12.8. The Kier molecular flexibility index (Phi) is 5.44. The summed E-state index contributed by atoms with van der Waals surface area (Å²) in [6.07, 6.45) is 9.17. The summed E-state index contributed by atoms with van der Waals surface area (Å²) >= 11 is 0. The maximum Gasteiger partial charge on any atom is 0.307 e. The van der Waals surface area contributed by atoms with Gasteiger partial charge in [-0.3, -0.25) is 9.59 Å². The fourth-order valence-corrected chi connectivity index (χ4v) is 3.92. The van der Waals surface area contributed by atoms with Gasteiger partial charge in [-0.25, -0.2) is 0 Å². The Balaban J connectivity index is 2.07. The van der Waals surface area contributed by atoms with Crippen molar-refractivity contribution >= 4 is 11.9 Å². The van der Waals surface area contributed by atoms with Crippen molar-refractivity contribution in [2.45, 2.75) is 70.8 Å². The van der Waals surface area contributed by atoms with E-state index in [1.54, 1.807) is 0 Å². The first kappa shape index (κ1) is 15.3. The van der Waals surface area contributed by atoms with Crippen LogP contribution in [0.3, 0.4) is 0 Å². The van der Waals surface area contributed by atoms with Gasteiger partial charge in [0.25, 0.3) is 0 Å². The molecule has 4 nitrogen and oxygen atoms in total. The second kappa shape index (κ2) is 7.09. The summed E-state index contributed by atoms with van der Waals surface area (Å²) in [4.78, 5) is 26.2. The molecular weight excluding hydrogens is 254 g/mol. The lowest BCUT2D eigenvalue weighted by Crippen LogP contribution is -2.47. The van der Waals surface area contributed by atoms with E-state index < -0.39 is 11.9 Å². The molecule has 1 N–H and O–H groups in total. The van der Waals surface area contributed by atoms with Crippen LogP contribution in [0.2, 0.25) is 0 Å². The van der Waals surface area contributed by atoms with E-state index >= 15 is 0 Å². The molecule has 0 aromatic rings. The van der Waals surface area contributed by atoms with Crippen LogP contribution in [0.1, 0.15) is 64.7 Å². The minimum Gasteiger partial charge on any atom is -0.481 e. The average molecular weight is 281 g/mol. The van der Waals surface area contributed by atoms with Crippen LogP contribution in [0.25, 0.3) is 0 Å². The Morgan fingerprint density at radius 3 is 2.05 bits per heavy atom. The fraction of sp³-hybridized carbons (Fsp3) is 0.875. The van der Waals surface area contributed by atoms with Gasteiger partial charge in [-0.2, -0.15) is 0 Å². The van der Waals surface area contributed by atoms with Gasteiger partial charge < -0.3 is 10.0 Å². The van der Waals surface area contributed by atoms with Gasteiger partial charge in [-0.05, 0) is 32.6 Å². The minimum absolute atomic E-state index is 0.103. The molecule has 2 atom stereocenters. The molecule has 1 amide bonds. The van der Waals surface area contributed by atoms with Crippen LogP contribution in [0.15, 0.2) is 0 Å². The van der Waals surface area contributed by atoms with E-state index in [1.165, 1.54) is 19.3 Å². The number of hydrogen-bond acceptors (Lipinski definition) is 2. The first-order valence-corrected chi connectivity index (χ1v) is 8.18. The Morgan fingerprint density at radius 1 is 0.950 bits per heavy atom. The van der Waals surface area contributed by atoms with Gasteiger partial charge in [-0.15, -0.1) is 0 Å². The molecule has 0 saturated heterocycles. The van der Waals surface area contributed by atoms with Gasteiger partial charge in [-0.1, -0.05) is 32.1 Å². The molecule has 2 fully saturated rings. The predicted octanol–water partition coefficient (Wildman–Crippen LogP) is 3.06. The molecular formula is C16H27NO3. The molecule has 20 heavy (non-hydrogen) atoms. The number of aliphatic carboxylic acids is 1. The smallest absolute Gasteiger partial charge is 0.307 e. The van der Waals surface area contributed by atoms with Crippen LogP contribution in [0.4, 0.5) is 0 Å². The molecule has 0 aromatic carbocycles. The van der Waals surface area contributed by atoms with Gasteiger partial charge in [0, 0.05) is 12.6 Å². The van der Waals surface area contributed by atoms with Gasteiger partial charge in [0.05, 0.1) is 11.8 Å². The third-order valence-corrected chi connectivity index (χ3v) is 5.04. The first-order valence-electron chi connectivity index (χ1n) is 8.18. The van der Waals surface area contributed by atoms with Crippen molar-refractivity contribution in [1.82, 2.24) is 4.90 Å². The highest BCUT2D eigenvalue weighted by atomic mass is 16.4. The summed E-state index contributed by atoms with van der Waals surface area (Å²) in [7, 11) is 0. The van der Waals surface area contributed by atoms with E-state index in [0.717, 1.165) is 32.1 Å². The molecule has 114 valence electrons. The third kappa shape index (κ3) is 3.33. The standard InChI is InChI=1S/C16H27NO3/c1-2-17(12-8-4-3-5-9-12)15(18)13-10-6-7-11-14(13)16(19)20/h12-14H,2-11H2,1H3,(H,19,20)/t13-,14+/m1/s1. The SMILES string of the molecule is CCN(C(=O)[C@@H]1CCCC[C@@H]1C(=O)O)C1CCCCC1. The Bertz CT molecular complexity index is 350. The lowest BCUT2D eigenvalue weighted by Gasteiger charge is -2.38. The second-order valence-corrected chi connectivity index (χ2v) is 6.25. The lowest BCUT2D eigenvalue weighted by atomic mass is 9.78. The van der Waals surface area contributed by atoms with Crippen molar-refractivity contribution in [3.63, 3.8) is 0 Å². The van der Waals surface area contributed by atoms with E-state index in [1.807, 2.05) is 11.8 Å². The van der Waals surface area contributed by atoms with Crippen LogP contribution >= 0.6 is 0 Å². The van der Waals surface area contributed by atoms with E-state index in [9.17, 15) is 14.7 Å². The van der Waals surface area contributed by atoms with E-state index in [2.05, 4.69) is 0 Å². The number of amides is 1. The van der Waals surface area contributed by atoms with E-state index in [0.29, 0.717) is 19.0 Å². The normalized spacial score (nSPS) is 28.1. The van der Waals surface area contributed by atoms with Crippen molar-refractivity contribution < 1.29 is 14.7 Å². The van der Waals surface area contributed by atoms with Gasteiger partial charge in [0.15, 0.2) is 0 Å². The van der Waals surface area contributed by atoms with Crippen molar-refractivity contribution in [3.05, 3.63) is 0 Å². The molecule has 2 rings (SSSR count). The zero-order valence-corrected chi connectivity index (χ0v) is 12.5. The van der Waals surface area contributed by atoms with Crippen LogP contribution in [0.5, 0.6) is 0 Å². The zero-order valence-electron chi connectivity index (χ0n) is 12.5. The maximum absolute atomic E-state index is 12.8. The highest BCUT2D eigenvalue weighted by molar-refractivity contribution is 5.85. The minimum atomic E-state index is -0.789. The molecule has 2 aliphatic carbocycles. The molecule has 0 radical (unpaired) electrons. The highest BCUT2D eigenvalue weighted by Gasteiger charge is 2.39. The molecule has 4 heteroatoms. The monoisotopic (exact) mass is 281 g/mol. The number of carbonyl (C=O) groups excluding carboxylic acids is 1. The summed E-state index contributed by atoms with van der Waals surface area (Å²) in [5.41, 5.74) is 0. The fourth-order valence-electron chi connectivity index (χ4n) is 3.92. The lowest BCUT2D eigenvalue weighted by molar-refractivity contribution is -0.153. The Hall–Kier alpha value is -1.06. The molecule has 2 aliphatic rings. The summed E-state index contributed by atoms with van der Waals surface area (Å²) in [5, 5.41) is 9.35. The zero-order chi connectivity index (χ0) is 14.5. The molecule has 2 saturated carbocycles. The Labute approximate surface area is 121 Å². The highest BCUT2D eigenvalue weighted by Crippen LogP contribution is 2.33. The number of carbonyl (C=O) groups is 2. The first-order chi connectivity index (χ1) is 9.65. The van der Waals surface area contributed by atoms with Crippen molar-refractivity contribution in [1.29, 1.82) is 0 Å². The van der Waals surface area contributed by atoms with Crippen molar-refractivity contribution in [2.75, 3.05) is 6.54 Å². The molecule has 0 unspecified atom stereocenters. The van der Waals surface area contributed by atoms with Crippen molar-refractivity contribution in [3.8, 4) is 0 Å². The number of nitrogens with zero attached hydrogens (tertiary/aromatic N) is 1. The largest absolute Gasteiger partial charge is 0.481 e. The predicted molar refractivity (Wildman–Crippen MR) is 77.3 cm³/mol. The van der Waals surface area contributed by atoms with Crippen LogP contribution in [-0.4, -0.2) is 34.5 Å². The van der Waals surface area contributed by atoms with Crippen LogP contribution < -0.4 is 0 Å². The third-order valence-electron chi connectivity index (χ3n) is 5.04. The molecule has 0 aliphatic heterocycles. The summed E-state index contributed by atoms with van der Waals surface area (Å²) in [6, 6.07) is 0.345. The van der Waals surface area contributed by atoms with Crippen molar-refractivity contribution in [2.24, 2.45) is 11.8 Å². The molecule has 0 bridgehead atoms. The quantitative estimate of drug-likeness (QED) is 0.861.